The van der Waals surface area contributed by atoms with E-state index in [0.29, 0.717) is 16.9 Å². The van der Waals surface area contributed by atoms with Gasteiger partial charge in [0.15, 0.2) is 5.11 Å². The van der Waals surface area contributed by atoms with E-state index in [1.807, 2.05) is 24.3 Å². The van der Waals surface area contributed by atoms with Crippen LogP contribution in [0, 0.1) is 5.82 Å². The van der Waals surface area contributed by atoms with E-state index < -0.39 is 0 Å². The Morgan fingerprint density at radius 3 is 2.81 bits per heavy atom. The van der Waals surface area contributed by atoms with Crippen LogP contribution in [0.25, 0.3) is 10.8 Å². The fraction of sp³-hybridized carbons (Fsp3) is 0.200. The highest BCUT2D eigenvalue weighted by molar-refractivity contribution is 7.80. The fourth-order valence-electron chi connectivity index (χ4n) is 3.25. The van der Waals surface area contributed by atoms with Gasteiger partial charge < -0.3 is 15.0 Å². The van der Waals surface area contributed by atoms with E-state index in [2.05, 4.69) is 21.3 Å². The Hall–Kier alpha value is -2.73. The lowest BCUT2D eigenvalue weighted by atomic mass is 9.88. The molecule has 1 aromatic heterocycles. The first-order valence-corrected chi connectivity index (χ1v) is 8.79. The second kappa shape index (κ2) is 6.88. The van der Waals surface area contributed by atoms with E-state index in [-0.39, 0.29) is 5.82 Å². The molecule has 26 heavy (non-hydrogen) atoms. The molecule has 2 aromatic carbocycles. The van der Waals surface area contributed by atoms with E-state index in [1.54, 1.807) is 25.4 Å². The lowest BCUT2D eigenvalue weighted by Gasteiger charge is -2.41. The molecule has 132 valence electrons. The van der Waals surface area contributed by atoms with Gasteiger partial charge in [-0.2, -0.15) is 0 Å². The normalized spacial score (nSPS) is 14.2. The summed E-state index contributed by atoms with van der Waals surface area (Å²) in [5.74, 6) is 0.749. The van der Waals surface area contributed by atoms with E-state index in [9.17, 15) is 4.39 Å². The maximum Gasteiger partial charge on any atom is 0.213 e. The number of likely N-dealkylation sites (tertiary alicyclic amines) is 1. The van der Waals surface area contributed by atoms with Crippen molar-refractivity contribution in [2.45, 2.75) is 5.92 Å². The summed E-state index contributed by atoms with van der Waals surface area (Å²) in [7, 11) is 1.59. The van der Waals surface area contributed by atoms with Crippen molar-refractivity contribution in [2.75, 3.05) is 25.5 Å². The molecule has 6 heteroatoms. The lowest BCUT2D eigenvalue weighted by Crippen LogP contribution is -2.50. The second-order valence-electron chi connectivity index (χ2n) is 6.33. The number of thiocarbonyl (C=S) groups is 1. The van der Waals surface area contributed by atoms with Gasteiger partial charge in [-0.05, 0) is 46.8 Å². The topological polar surface area (TPSA) is 37.4 Å². The zero-order chi connectivity index (χ0) is 18.1. The molecule has 0 spiro atoms. The molecule has 0 amide bonds. The number of ether oxygens (including phenoxy) is 1. The summed E-state index contributed by atoms with van der Waals surface area (Å²) in [4.78, 5) is 6.28. The molecular weight excluding hydrogens is 349 g/mol. The Balaban J connectivity index is 1.42. The predicted molar refractivity (Wildman–Crippen MR) is 105 cm³/mol. The number of fused-ring (bicyclic) bond motifs is 1. The number of nitrogens with one attached hydrogen (secondary N) is 1. The third kappa shape index (κ3) is 3.20. The van der Waals surface area contributed by atoms with E-state index in [1.165, 1.54) is 11.6 Å². The smallest absolute Gasteiger partial charge is 0.213 e. The van der Waals surface area contributed by atoms with Gasteiger partial charge in [-0.1, -0.05) is 24.3 Å². The van der Waals surface area contributed by atoms with Crippen LogP contribution in [-0.4, -0.2) is 35.2 Å². The summed E-state index contributed by atoms with van der Waals surface area (Å²) < 4.78 is 18.5. The van der Waals surface area contributed by atoms with Gasteiger partial charge in [-0.15, -0.1) is 0 Å². The number of rotatable bonds is 3. The highest BCUT2D eigenvalue weighted by Crippen LogP contribution is 2.33. The molecule has 1 saturated heterocycles. The Morgan fingerprint density at radius 1 is 1.23 bits per heavy atom. The molecule has 0 bridgehead atoms. The summed E-state index contributed by atoms with van der Waals surface area (Å²) in [6, 6.07) is 14.7. The third-order valence-electron chi connectivity index (χ3n) is 4.68. The van der Waals surface area contributed by atoms with Gasteiger partial charge in [0.2, 0.25) is 5.88 Å². The molecule has 0 saturated carbocycles. The number of anilines is 1. The summed E-state index contributed by atoms with van der Waals surface area (Å²) in [5, 5.41) is 5.93. The Kier molecular flexibility index (Phi) is 4.42. The van der Waals surface area contributed by atoms with Crippen molar-refractivity contribution < 1.29 is 9.13 Å². The van der Waals surface area contributed by atoms with Crippen LogP contribution in [0.4, 0.5) is 10.1 Å². The number of methoxy groups -OCH3 is 1. The molecule has 0 aliphatic carbocycles. The number of halogens is 1. The van der Waals surface area contributed by atoms with Gasteiger partial charge in [0.05, 0.1) is 19.0 Å². The zero-order valence-corrected chi connectivity index (χ0v) is 15.1. The maximum atomic E-state index is 13.4. The highest BCUT2D eigenvalue weighted by Gasteiger charge is 2.30. The number of hydrogen-bond donors (Lipinski definition) is 1. The molecule has 1 fully saturated rings. The first-order chi connectivity index (χ1) is 12.6. The average molecular weight is 367 g/mol. The van der Waals surface area contributed by atoms with E-state index in [4.69, 9.17) is 17.0 Å². The summed E-state index contributed by atoms with van der Waals surface area (Å²) in [6.07, 6.45) is 1.70. The van der Waals surface area contributed by atoms with Gasteiger partial charge in [-0.25, -0.2) is 9.37 Å². The van der Waals surface area contributed by atoms with Crippen molar-refractivity contribution in [3.8, 4) is 5.88 Å². The molecule has 4 nitrogen and oxygen atoms in total. The van der Waals surface area contributed by atoms with Crippen LogP contribution < -0.4 is 10.1 Å². The van der Waals surface area contributed by atoms with Gasteiger partial charge in [0.25, 0.3) is 0 Å². The fourth-order valence-corrected chi connectivity index (χ4v) is 3.52. The molecule has 0 radical (unpaired) electrons. The minimum atomic E-state index is -0.205. The van der Waals surface area contributed by atoms with Gasteiger partial charge in [0, 0.05) is 25.1 Å². The van der Waals surface area contributed by atoms with Crippen LogP contribution in [-0.2, 0) is 0 Å². The minimum absolute atomic E-state index is 0.205. The van der Waals surface area contributed by atoms with Crippen LogP contribution in [0.5, 0.6) is 5.88 Å². The standard InChI is InChI=1S/C20H18FN3OS/c1-25-19-8-6-16(10-22-19)23-20(26)24-11-14(12-24)17-4-2-3-13-9-15(21)5-7-18(13)17/h2-10,14H,11-12H2,1H3,(H,23,26). The molecule has 0 unspecified atom stereocenters. The first kappa shape index (κ1) is 16.7. The van der Waals surface area contributed by atoms with Gasteiger partial charge in [-0.3, -0.25) is 0 Å². The predicted octanol–water partition coefficient (Wildman–Crippen LogP) is 4.18. The molecular formula is C20H18FN3OS. The van der Waals surface area contributed by atoms with Crippen molar-refractivity contribution in [3.05, 3.63) is 66.1 Å². The number of pyridine rings is 1. The molecule has 3 aromatic rings. The van der Waals surface area contributed by atoms with Gasteiger partial charge >= 0.3 is 0 Å². The Morgan fingerprint density at radius 2 is 2.08 bits per heavy atom. The molecule has 1 N–H and O–H groups in total. The lowest BCUT2D eigenvalue weighted by molar-refractivity contribution is 0.258. The molecule has 4 rings (SSSR count). The Bertz CT molecular complexity index is 955. The zero-order valence-electron chi connectivity index (χ0n) is 14.3. The number of hydrogen-bond acceptors (Lipinski definition) is 3. The Labute approximate surface area is 156 Å². The average Bonchev–Trinajstić information content (AvgIpc) is 2.61. The van der Waals surface area contributed by atoms with Crippen LogP contribution in [0.2, 0.25) is 0 Å². The monoisotopic (exact) mass is 367 g/mol. The van der Waals surface area contributed by atoms with E-state index >= 15 is 0 Å². The molecule has 1 aliphatic heterocycles. The summed E-state index contributed by atoms with van der Waals surface area (Å²) in [6.45, 7) is 1.68. The maximum absolute atomic E-state index is 13.4. The van der Waals surface area contributed by atoms with E-state index in [0.717, 1.165) is 29.5 Å². The van der Waals surface area contributed by atoms with Crippen LogP contribution in [0.3, 0.4) is 0 Å². The highest BCUT2D eigenvalue weighted by atomic mass is 32.1. The first-order valence-electron chi connectivity index (χ1n) is 8.38. The van der Waals surface area contributed by atoms with Crippen molar-refractivity contribution in [3.63, 3.8) is 0 Å². The summed E-state index contributed by atoms with van der Waals surface area (Å²) >= 11 is 5.49. The number of nitrogens with zero attached hydrogens (tertiary/aromatic N) is 2. The number of benzene rings is 2. The second-order valence-corrected chi connectivity index (χ2v) is 6.72. The quantitative estimate of drug-likeness (QED) is 0.703. The number of aromatic nitrogens is 1. The minimum Gasteiger partial charge on any atom is -0.481 e. The third-order valence-corrected chi connectivity index (χ3v) is 5.04. The van der Waals surface area contributed by atoms with Crippen LogP contribution >= 0.6 is 12.2 Å². The van der Waals surface area contributed by atoms with Crippen LogP contribution in [0.15, 0.2) is 54.7 Å². The van der Waals surface area contributed by atoms with Gasteiger partial charge in [0.1, 0.15) is 5.82 Å². The molecule has 2 heterocycles. The summed E-state index contributed by atoms with van der Waals surface area (Å²) in [5.41, 5.74) is 2.08. The van der Waals surface area contributed by atoms with Crippen molar-refractivity contribution in [2.24, 2.45) is 0 Å². The SMILES string of the molecule is COc1ccc(NC(=S)N2CC(c3cccc4cc(F)ccc34)C2)cn1. The van der Waals surface area contributed by atoms with Crippen molar-refractivity contribution >= 4 is 33.8 Å². The molecule has 0 atom stereocenters. The van der Waals surface area contributed by atoms with Crippen molar-refractivity contribution in [1.29, 1.82) is 0 Å². The van der Waals surface area contributed by atoms with Crippen molar-refractivity contribution in [1.82, 2.24) is 9.88 Å². The largest absolute Gasteiger partial charge is 0.481 e. The molecule has 1 aliphatic rings. The van der Waals surface area contributed by atoms with Crippen LogP contribution in [0.1, 0.15) is 11.5 Å².